The van der Waals surface area contributed by atoms with Crippen molar-refractivity contribution in [1.29, 1.82) is 0 Å². The Morgan fingerprint density at radius 3 is 2.83 bits per heavy atom. The van der Waals surface area contributed by atoms with Gasteiger partial charge in [-0.15, -0.1) is 0 Å². The number of carbonyl (C=O) groups excluding carboxylic acids is 1. The molecule has 2 aliphatic heterocycles. The second kappa shape index (κ2) is 7.05. The lowest BCUT2D eigenvalue weighted by Gasteiger charge is -2.25. The first-order chi connectivity index (χ1) is 13.9. The molecule has 5 rings (SSSR count). The van der Waals surface area contributed by atoms with Crippen LogP contribution in [0.3, 0.4) is 0 Å². The highest BCUT2D eigenvalue weighted by Crippen LogP contribution is 2.35. The largest absolute Gasteiger partial charge is 0.456 e. The quantitative estimate of drug-likeness (QED) is 0.569. The molecule has 0 unspecified atom stereocenters. The molecular formula is C19H17N3O4S3. The lowest BCUT2D eigenvalue weighted by Crippen LogP contribution is -2.36. The molecule has 2 aromatic heterocycles. The summed E-state index contributed by atoms with van der Waals surface area (Å²) in [6.07, 6.45) is 9.21. The Kier molecular flexibility index (Phi) is 4.61. The minimum absolute atomic E-state index is 0.193. The fourth-order valence-electron chi connectivity index (χ4n) is 3.54. The number of thioether (sulfide) groups is 1. The normalized spacial score (nSPS) is 22.3. The Labute approximate surface area is 177 Å². The number of nitrogens with one attached hydrogen (secondary N) is 1. The first-order valence-electron chi connectivity index (χ1n) is 9.22. The van der Waals surface area contributed by atoms with Gasteiger partial charge >= 0.3 is 0 Å². The maximum absolute atomic E-state index is 12.4. The first-order valence-corrected chi connectivity index (χ1v) is 12.0. The highest BCUT2D eigenvalue weighted by Gasteiger charge is 2.40. The van der Waals surface area contributed by atoms with Gasteiger partial charge in [0.1, 0.15) is 15.7 Å². The van der Waals surface area contributed by atoms with E-state index in [1.807, 2.05) is 12.1 Å². The lowest BCUT2D eigenvalue weighted by molar-refractivity contribution is -0.115. The summed E-state index contributed by atoms with van der Waals surface area (Å²) >= 11 is 6.21. The molecular weight excluding hydrogens is 430 g/mol. The van der Waals surface area contributed by atoms with E-state index in [0.29, 0.717) is 40.1 Å². The van der Waals surface area contributed by atoms with Gasteiger partial charge in [0.15, 0.2) is 0 Å². The van der Waals surface area contributed by atoms with E-state index in [0.717, 1.165) is 29.4 Å². The van der Waals surface area contributed by atoms with E-state index < -0.39 is 10.0 Å². The summed E-state index contributed by atoms with van der Waals surface area (Å²) < 4.78 is 32.9. The van der Waals surface area contributed by atoms with Crippen molar-refractivity contribution in [3.63, 3.8) is 0 Å². The monoisotopic (exact) mass is 447 g/mol. The van der Waals surface area contributed by atoms with Gasteiger partial charge in [-0.1, -0.05) is 30.1 Å². The van der Waals surface area contributed by atoms with Crippen LogP contribution in [-0.2, 0) is 14.8 Å². The number of rotatable bonds is 4. The van der Waals surface area contributed by atoms with Crippen molar-refractivity contribution in [2.45, 2.75) is 24.5 Å². The third kappa shape index (κ3) is 3.54. The van der Waals surface area contributed by atoms with Gasteiger partial charge in [0.05, 0.1) is 10.2 Å². The van der Waals surface area contributed by atoms with E-state index in [1.165, 1.54) is 11.8 Å². The van der Waals surface area contributed by atoms with Crippen LogP contribution in [0, 0.1) is 0 Å². The van der Waals surface area contributed by atoms with Crippen molar-refractivity contribution in [2.75, 3.05) is 13.1 Å². The second-order valence-electron chi connectivity index (χ2n) is 7.19. The minimum Gasteiger partial charge on any atom is -0.456 e. The Balaban J connectivity index is 1.45. The molecule has 0 atom stereocenters. The number of hydrogen-bond donors (Lipinski definition) is 1. The molecule has 1 aliphatic carbocycles. The Morgan fingerprint density at radius 1 is 1.34 bits per heavy atom. The molecule has 0 aromatic carbocycles. The van der Waals surface area contributed by atoms with Gasteiger partial charge in [-0.05, 0) is 30.9 Å². The van der Waals surface area contributed by atoms with Crippen LogP contribution in [0.5, 0.6) is 0 Å². The predicted octanol–water partition coefficient (Wildman–Crippen LogP) is 2.90. The molecule has 0 bridgehead atoms. The molecule has 150 valence electrons. The zero-order chi connectivity index (χ0) is 20.2. The highest BCUT2D eigenvalue weighted by molar-refractivity contribution is 8.26. The average molecular weight is 448 g/mol. The fraction of sp³-hybridized carbons (Fsp3) is 0.316. The molecule has 2 aromatic rings. The number of carbonyl (C=O) groups is 1. The predicted molar refractivity (Wildman–Crippen MR) is 116 cm³/mol. The zero-order valence-corrected chi connectivity index (χ0v) is 17.7. The molecule has 1 amide bonds. The number of sulfonamides is 1. The van der Waals surface area contributed by atoms with Gasteiger partial charge in [0.2, 0.25) is 10.0 Å². The number of fused-ring (bicyclic) bond motifs is 1. The molecule has 0 spiro atoms. The summed E-state index contributed by atoms with van der Waals surface area (Å²) in [5.41, 5.74) is 2.56. The molecule has 3 aliphatic rings. The van der Waals surface area contributed by atoms with Crippen LogP contribution in [0.2, 0.25) is 0 Å². The van der Waals surface area contributed by atoms with Crippen molar-refractivity contribution in [2.24, 2.45) is 0 Å². The van der Waals surface area contributed by atoms with Gasteiger partial charge in [-0.25, -0.2) is 8.42 Å². The van der Waals surface area contributed by atoms with Crippen LogP contribution >= 0.6 is 24.0 Å². The van der Waals surface area contributed by atoms with Crippen molar-refractivity contribution in [3.8, 4) is 0 Å². The number of amides is 1. The molecule has 1 saturated carbocycles. The van der Waals surface area contributed by atoms with Crippen LogP contribution in [-0.4, -0.2) is 46.3 Å². The molecule has 7 nitrogen and oxygen atoms in total. The van der Waals surface area contributed by atoms with E-state index in [-0.39, 0.29) is 11.2 Å². The standard InChI is InChI=1S/C19H17N3O4S3/c23-18-16(28-19(27)21-18)8-13-7-12-9-20-10-15(17(12)26-13)11-3-5-22(6-4-11)29(24,25)14-1-2-14/h3,7-10,14H,1-2,4-6H2,(H,21,23,27)/b16-8-. The summed E-state index contributed by atoms with van der Waals surface area (Å²) in [5, 5.41) is 3.22. The van der Waals surface area contributed by atoms with E-state index in [2.05, 4.69) is 10.3 Å². The van der Waals surface area contributed by atoms with Crippen molar-refractivity contribution in [3.05, 3.63) is 40.8 Å². The smallest absolute Gasteiger partial charge is 0.263 e. The fourth-order valence-corrected chi connectivity index (χ4v) is 6.34. The summed E-state index contributed by atoms with van der Waals surface area (Å²) in [6, 6.07) is 1.83. The summed E-state index contributed by atoms with van der Waals surface area (Å²) in [4.78, 5) is 16.7. The van der Waals surface area contributed by atoms with E-state index >= 15 is 0 Å². The number of nitrogens with zero attached hydrogens (tertiary/aromatic N) is 2. The first kappa shape index (κ1) is 19.0. The number of furan rings is 1. The SMILES string of the molecule is O=C1NC(=S)S/C1=C\c1cc2cncc(C3=CCN(S(=O)(=O)C4CC4)CC3)c2o1. The highest BCUT2D eigenvalue weighted by atomic mass is 32.2. The van der Waals surface area contributed by atoms with Crippen molar-refractivity contribution in [1.82, 2.24) is 14.6 Å². The maximum Gasteiger partial charge on any atom is 0.263 e. The van der Waals surface area contributed by atoms with Crippen molar-refractivity contribution >= 4 is 66.8 Å². The van der Waals surface area contributed by atoms with Gasteiger partial charge in [-0.2, -0.15) is 4.31 Å². The van der Waals surface area contributed by atoms with Crippen LogP contribution in [0.25, 0.3) is 22.6 Å². The third-order valence-corrected chi connectivity index (χ3v) is 8.71. The molecule has 1 saturated heterocycles. The summed E-state index contributed by atoms with van der Waals surface area (Å²) in [6.45, 7) is 0.837. The van der Waals surface area contributed by atoms with E-state index in [9.17, 15) is 13.2 Å². The molecule has 4 heterocycles. The van der Waals surface area contributed by atoms with Gasteiger partial charge < -0.3 is 9.73 Å². The van der Waals surface area contributed by atoms with Crippen LogP contribution in [0.1, 0.15) is 30.6 Å². The lowest BCUT2D eigenvalue weighted by atomic mass is 10.0. The Morgan fingerprint density at radius 2 is 2.17 bits per heavy atom. The van der Waals surface area contributed by atoms with Gasteiger partial charge in [0, 0.05) is 42.5 Å². The second-order valence-corrected chi connectivity index (χ2v) is 11.1. The molecule has 10 heteroatoms. The third-order valence-electron chi connectivity index (χ3n) is 5.18. The van der Waals surface area contributed by atoms with Crippen LogP contribution in [0.4, 0.5) is 0 Å². The summed E-state index contributed by atoms with van der Waals surface area (Å²) in [7, 11) is -3.16. The minimum atomic E-state index is -3.16. The number of hydrogen-bond acceptors (Lipinski definition) is 7. The molecule has 0 radical (unpaired) electrons. The zero-order valence-electron chi connectivity index (χ0n) is 15.3. The van der Waals surface area contributed by atoms with Gasteiger partial charge in [-0.3, -0.25) is 9.78 Å². The maximum atomic E-state index is 12.4. The Bertz CT molecular complexity index is 1210. The van der Waals surface area contributed by atoms with Crippen molar-refractivity contribution < 1.29 is 17.6 Å². The molecule has 29 heavy (non-hydrogen) atoms. The molecule has 2 fully saturated rings. The Hall–Kier alpha value is -2.01. The summed E-state index contributed by atoms with van der Waals surface area (Å²) in [5.74, 6) is 0.316. The van der Waals surface area contributed by atoms with Gasteiger partial charge in [0.25, 0.3) is 5.91 Å². The average Bonchev–Trinajstić information content (AvgIpc) is 3.41. The van der Waals surface area contributed by atoms with E-state index in [1.54, 1.807) is 22.8 Å². The molecule has 1 N–H and O–H groups in total. The number of aromatic nitrogens is 1. The van der Waals surface area contributed by atoms with Crippen LogP contribution in [0.15, 0.2) is 33.9 Å². The van der Waals surface area contributed by atoms with E-state index in [4.69, 9.17) is 16.6 Å². The number of pyridine rings is 1. The van der Waals surface area contributed by atoms with Crippen LogP contribution < -0.4 is 5.32 Å². The topological polar surface area (TPSA) is 92.5 Å². The number of thiocarbonyl (C=S) groups is 1.